The van der Waals surface area contributed by atoms with Crippen LogP contribution < -0.4 is 5.32 Å². The van der Waals surface area contributed by atoms with Gasteiger partial charge in [-0.05, 0) is 24.4 Å². The Labute approximate surface area is 93.9 Å². The largest absolute Gasteiger partial charge is 0.313 e. The van der Waals surface area contributed by atoms with E-state index in [9.17, 15) is 0 Å². The predicted octanol–water partition coefficient (Wildman–Crippen LogP) is 3.60. The molecule has 1 N–H and O–H groups in total. The molecule has 0 spiro atoms. The molecule has 1 unspecified atom stereocenters. The monoisotopic (exact) mass is 205 g/mol. The zero-order chi connectivity index (χ0) is 10.9. The minimum atomic E-state index is 0.860. The summed E-state index contributed by atoms with van der Waals surface area (Å²) in [6, 6.07) is 10.6. The first-order valence-electron chi connectivity index (χ1n) is 6.07. The molecule has 1 atom stereocenters. The number of nitrogens with one attached hydrogen (secondary N) is 1. The first-order chi connectivity index (χ1) is 7.33. The Morgan fingerprint density at radius 1 is 1.13 bits per heavy atom. The maximum absolute atomic E-state index is 3.49. The van der Waals surface area contributed by atoms with Gasteiger partial charge in [0.1, 0.15) is 0 Å². The van der Waals surface area contributed by atoms with Gasteiger partial charge in [-0.15, -0.1) is 0 Å². The van der Waals surface area contributed by atoms with Crippen LogP contribution in [0.3, 0.4) is 0 Å². The van der Waals surface area contributed by atoms with Crippen LogP contribution in [0.25, 0.3) is 0 Å². The summed E-state index contributed by atoms with van der Waals surface area (Å²) in [6.07, 6.45) is 3.95. The van der Waals surface area contributed by atoms with E-state index in [-0.39, 0.29) is 0 Å². The van der Waals surface area contributed by atoms with Gasteiger partial charge in [-0.25, -0.2) is 0 Å². The van der Waals surface area contributed by atoms with Crippen LogP contribution in [0.4, 0.5) is 0 Å². The quantitative estimate of drug-likeness (QED) is 0.671. The molecule has 1 rings (SSSR count). The zero-order valence-corrected chi connectivity index (χ0v) is 10.00. The highest BCUT2D eigenvalue weighted by atomic mass is 14.8. The van der Waals surface area contributed by atoms with Crippen molar-refractivity contribution in [3.63, 3.8) is 0 Å². The average Bonchev–Trinajstić information content (AvgIpc) is 2.26. The fourth-order valence-corrected chi connectivity index (χ4v) is 1.81. The summed E-state index contributed by atoms with van der Waals surface area (Å²) >= 11 is 0. The number of rotatable bonds is 7. The lowest BCUT2D eigenvalue weighted by Gasteiger charge is -2.10. The van der Waals surface area contributed by atoms with E-state index in [1.54, 1.807) is 0 Å². The van der Waals surface area contributed by atoms with Crippen LogP contribution in [-0.2, 0) is 6.54 Å². The summed E-state index contributed by atoms with van der Waals surface area (Å²) in [7, 11) is 0. The molecular weight excluding hydrogens is 182 g/mol. The highest BCUT2D eigenvalue weighted by Gasteiger charge is 1.99. The van der Waals surface area contributed by atoms with Crippen LogP contribution in [0, 0.1) is 5.92 Å². The Hall–Kier alpha value is -0.820. The highest BCUT2D eigenvalue weighted by molar-refractivity contribution is 5.14. The smallest absolute Gasteiger partial charge is 0.0205 e. The fraction of sp³-hybridized carbons (Fsp3) is 0.571. The van der Waals surface area contributed by atoms with Crippen molar-refractivity contribution >= 4 is 0 Å². The van der Waals surface area contributed by atoms with E-state index in [0.717, 1.165) is 19.0 Å². The Balaban J connectivity index is 2.07. The summed E-state index contributed by atoms with van der Waals surface area (Å²) in [5.41, 5.74) is 1.38. The minimum Gasteiger partial charge on any atom is -0.313 e. The molecule has 0 aromatic heterocycles. The van der Waals surface area contributed by atoms with Crippen molar-refractivity contribution in [2.75, 3.05) is 6.54 Å². The maximum Gasteiger partial charge on any atom is 0.0205 e. The molecular formula is C14H23N. The van der Waals surface area contributed by atoms with Crippen LogP contribution in [0.5, 0.6) is 0 Å². The van der Waals surface area contributed by atoms with E-state index in [4.69, 9.17) is 0 Å². The molecule has 0 amide bonds. The molecule has 1 aromatic carbocycles. The van der Waals surface area contributed by atoms with Gasteiger partial charge in [0.15, 0.2) is 0 Å². The van der Waals surface area contributed by atoms with Gasteiger partial charge in [-0.3, -0.25) is 0 Å². The Bertz CT molecular complexity index is 243. The van der Waals surface area contributed by atoms with E-state index < -0.39 is 0 Å². The normalized spacial score (nSPS) is 12.7. The lowest BCUT2D eigenvalue weighted by Crippen LogP contribution is -2.16. The standard InChI is InChI=1S/C14H23N/c1-3-7-13(2)10-11-15-12-14-8-5-4-6-9-14/h4-6,8-9,13,15H,3,7,10-12H2,1-2H3. The van der Waals surface area contributed by atoms with Crippen LogP contribution >= 0.6 is 0 Å². The van der Waals surface area contributed by atoms with Gasteiger partial charge in [0.2, 0.25) is 0 Å². The fourth-order valence-electron chi connectivity index (χ4n) is 1.81. The van der Waals surface area contributed by atoms with Gasteiger partial charge in [0, 0.05) is 6.54 Å². The van der Waals surface area contributed by atoms with E-state index in [1.165, 1.54) is 24.8 Å². The zero-order valence-electron chi connectivity index (χ0n) is 10.00. The van der Waals surface area contributed by atoms with Crippen molar-refractivity contribution in [1.29, 1.82) is 0 Å². The van der Waals surface area contributed by atoms with Gasteiger partial charge in [-0.2, -0.15) is 0 Å². The summed E-state index contributed by atoms with van der Waals surface area (Å²) in [5, 5.41) is 3.49. The minimum absolute atomic E-state index is 0.860. The lowest BCUT2D eigenvalue weighted by molar-refractivity contribution is 0.465. The number of hydrogen-bond acceptors (Lipinski definition) is 1. The first-order valence-corrected chi connectivity index (χ1v) is 6.07. The number of hydrogen-bond donors (Lipinski definition) is 1. The van der Waals surface area contributed by atoms with Crippen molar-refractivity contribution < 1.29 is 0 Å². The van der Waals surface area contributed by atoms with E-state index in [0.29, 0.717) is 0 Å². The van der Waals surface area contributed by atoms with Gasteiger partial charge < -0.3 is 5.32 Å². The molecule has 0 aliphatic rings. The molecule has 0 bridgehead atoms. The van der Waals surface area contributed by atoms with Crippen molar-refractivity contribution in [1.82, 2.24) is 5.32 Å². The maximum atomic E-state index is 3.49. The van der Waals surface area contributed by atoms with Crippen molar-refractivity contribution in [2.24, 2.45) is 5.92 Å². The van der Waals surface area contributed by atoms with Crippen LogP contribution in [0.15, 0.2) is 30.3 Å². The molecule has 1 heteroatoms. The Morgan fingerprint density at radius 3 is 2.53 bits per heavy atom. The molecule has 0 saturated heterocycles. The predicted molar refractivity (Wildman–Crippen MR) is 66.8 cm³/mol. The SMILES string of the molecule is CCCC(C)CCNCc1ccccc1. The molecule has 0 saturated carbocycles. The Morgan fingerprint density at radius 2 is 1.87 bits per heavy atom. The first kappa shape index (κ1) is 12.3. The van der Waals surface area contributed by atoms with E-state index in [1.807, 2.05) is 0 Å². The number of benzene rings is 1. The molecule has 0 aliphatic heterocycles. The second-order valence-electron chi connectivity index (χ2n) is 4.34. The van der Waals surface area contributed by atoms with Gasteiger partial charge in [0.05, 0.1) is 0 Å². The summed E-state index contributed by atoms with van der Waals surface area (Å²) in [4.78, 5) is 0. The second-order valence-corrected chi connectivity index (χ2v) is 4.34. The summed E-state index contributed by atoms with van der Waals surface area (Å²) < 4.78 is 0. The Kier molecular flexibility index (Phi) is 6.10. The van der Waals surface area contributed by atoms with Crippen molar-refractivity contribution in [2.45, 2.75) is 39.7 Å². The second kappa shape index (κ2) is 7.47. The topological polar surface area (TPSA) is 12.0 Å². The average molecular weight is 205 g/mol. The van der Waals surface area contributed by atoms with Crippen LogP contribution in [0.1, 0.15) is 38.7 Å². The van der Waals surface area contributed by atoms with E-state index >= 15 is 0 Å². The molecule has 0 heterocycles. The highest BCUT2D eigenvalue weighted by Crippen LogP contribution is 2.08. The molecule has 0 radical (unpaired) electrons. The third kappa shape index (κ3) is 5.58. The molecule has 84 valence electrons. The van der Waals surface area contributed by atoms with E-state index in [2.05, 4.69) is 49.5 Å². The van der Waals surface area contributed by atoms with Crippen LogP contribution in [0.2, 0.25) is 0 Å². The summed E-state index contributed by atoms with van der Waals surface area (Å²) in [6.45, 7) is 6.73. The van der Waals surface area contributed by atoms with Crippen molar-refractivity contribution in [3.8, 4) is 0 Å². The molecule has 15 heavy (non-hydrogen) atoms. The summed E-state index contributed by atoms with van der Waals surface area (Å²) in [5.74, 6) is 0.860. The van der Waals surface area contributed by atoms with Gasteiger partial charge in [0.25, 0.3) is 0 Å². The van der Waals surface area contributed by atoms with Crippen molar-refractivity contribution in [3.05, 3.63) is 35.9 Å². The molecule has 1 nitrogen and oxygen atoms in total. The third-order valence-electron chi connectivity index (χ3n) is 2.77. The molecule has 1 aromatic rings. The molecule has 0 aliphatic carbocycles. The van der Waals surface area contributed by atoms with Gasteiger partial charge >= 0.3 is 0 Å². The van der Waals surface area contributed by atoms with Gasteiger partial charge in [-0.1, -0.05) is 57.0 Å². The molecule has 0 fully saturated rings. The lowest BCUT2D eigenvalue weighted by atomic mass is 10.0. The third-order valence-corrected chi connectivity index (χ3v) is 2.77. The van der Waals surface area contributed by atoms with Crippen LogP contribution in [-0.4, -0.2) is 6.54 Å².